The maximum Gasteiger partial charge on any atom is -0.00137 e. The van der Waals surface area contributed by atoms with Crippen molar-refractivity contribution >= 4 is 64.6 Å². The van der Waals surface area contributed by atoms with Gasteiger partial charge in [0.05, 0.1) is 0 Å². The summed E-state index contributed by atoms with van der Waals surface area (Å²) in [6.07, 6.45) is 0. The molecule has 0 aromatic heterocycles. The molecular formula is C40H26. The molecule has 0 aliphatic rings. The fourth-order valence-corrected chi connectivity index (χ4v) is 7.16. The highest BCUT2D eigenvalue weighted by molar-refractivity contribution is 6.47. The van der Waals surface area contributed by atoms with Gasteiger partial charge in [-0.05, 0) is 113 Å². The Morgan fingerprint density at radius 3 is 1.00 bits per heavy atom. The van der Waals surface area contributed by atoms with Crippen LogP contribution in [0.5, 0.6) is 0 Å². The summed E-state index contributed by atoms with van der Waals surface area (Å²) in [4.78, 5) is 0. The maximum atomic E-state index is 2.40. The fourth-order valence-electron chi connectivity index (χ4n) is 7.16. The quantitative estimate of drug-likeness (QED) is 0.205. The zero-order valence-electron chi connectivity index (χ0n) is 22.5. The van der Waals surface area contributed by atoms with Crippen LogP contribution in [0.2, 0.25) is 0 Å². The normalized spacial score (nSPS) is 12.2. The van der Waals surface area contributed by atoms with E-state index < -0.39 is 0 Å². The highest BCUT2D eigenvalue weighted by Gasteiger charge is 2.22. The van der Waals surface area contributed by atoms with Gasteiger partial charge in [0, 0.05) is 0 Å². The molecule has 0 radical (unpaired) electrons. The first-order valence-electron chi connectivity index (χ1n) is 14.1. The number of hydrogen-bond donors (Lipinski definition) is 0. The average molecular weight is 507 g/mol. The molecule has 0 fully saturated rings. The Labute approximate surface area is 232 Å². The lowest BCUT2D eigenvalue weighted by atomic mass is 9.95. The van der Waals surface area contributed by atoms with Crippen molar-refractivity contribution in [2.24, 2.45) is 0 Å². The van der Waals surface area contributed by atoms with Gasteiger partial charge in [-0.3, -0.25) is 0 Å². The van der Waals surface area contributed by atoms with E-state index in [9.17, 15) is 0 Å². The molecule has 9 aromatic carbocycles. The Morgan fingerprint density at radius 2 is 0.600 bits per heavy atom. The van der Waals surface area contributed by atoms with Crippen LogP contribution < -0.4 is 0 Å². The lowest BCUT2D eigenvalue weighted by Gasteiger charge is -2.07. The smallest absolute Gasteiger partial charge is 0.00137 e. The van der Waals surface area contributed by atoms with Crippen LogP contribution in [0.3, 0.4) is 0 Å². The van der Waals surface area contributed by atoms with Gasteiger partial charge in [0.1, 0.15) is 0 Å². The van der Waals surface area contributed by atoms with Crippen molar-refractivity contribution in [1.29, 1.82) is 0 Å². The second-order valence-electron chi connectivity index (χ2n) is 11.5. The zero-order valence-corrected chi connectivity index (χ0v) is 22.5. The number of hydrogen-bond acceptors (Lipinski definition) is 0. The summed E-state index contributed by atoms with van der Waals surface area (Å²) in [5, 5.41) is 16.4. The molecule has 0 N–H and O–H groups in total. The van der Waals surface area contributed by atoms with Crippen LogP contribution in [0.4, 0.5) is 0 Å². The fraction of sp³-hybridized carbons (Fsp3) is 0.0500. The number of rotatable bonds is 2. The number of fused-ring (bicyclic) bond motifs is 8. The minimum absolute atomic E-state index is 1.27. The Kier molecular flexibility index (Phi) is 4.28. The van der Waals surface area contributed by atoms with Gasteiger partial charge in [0.25, 0.3) is 0 Å². The number of benzene rings is 7. The monoisotopic (exact) mass is 506 g/mol. The standard InChI is InChI=1S/C40H26/c1-23-9-13-25(14-10-23)27-17-19-31-35(21-27)29-5-3-7-33-37(29)39(31)34-8-4-6-30-36-22-28(26-15-11-24(2)12-16-26)18-20-32(36)40(33)38(30)34/h3-22H,1-2H3. The molecule has 0 saturated heterocycles. The van der Waals surface area contributed by atoms with Crippen molar-refractivity contribution in [3.05, 3.63) is 132 Å². The molecule has 9 rings (SSSR count). The lowest BCUT2D eigenvalue weighted by molar-refractivity contribution is 1.47. The van der Waals surface area contributed by atoms with Gasteiger partial charge in [-0.25, -0.2) is 0 Å². The van der Waals surface area contributed by atoms with E-state index in [2.05, 4.69) is 135 Å². The Morgan fingerprint density at radius 1 is 0.275 bits per heavy atom. The van der Waals surface area contributed by atoms with Gasteiger partial charge in [-0.2, -0.15) is 0 Å². The largest absolute Gasteiger partial charge is 0.0610 e. The molecule has 0 amide bonds. The van der Waals surface area contributed by atoms with Gasteiger partial charge < -0.3 is 0 Å². The van der Waals surface area contributed by atoms with Crippen molar-refractivity contribution in [3.8, 4) is 22.3 Å². The highest BCUT2D eigenvalue weighted by Crippen LogP contribution is 2.50. The molecule has 0 spiro atoms. The van der Waals surface area contributed by atoms with E-state index >= 15 is 0 Å². The third kappa shape index (κ3) is 2.86. The first-order valence-corrected chi connectivity index (χ1v) is 14.1. The molecule has 0 bridgehead atoms. The van der Waals surface area contributed by atoms with Crippen LogP contribution in [-0.2, 0) is 0 Å². The summed E-state index contributed by atoms with van der Waals surface area (Å²) in [5.41, 5.74) is 7.66. The predicted molar refractivity (Wildman–Crippen MR) is 174 cm³/mol. The first-order chi connectivity index (χ1) is 19.7. The van der Waals surface area contributed by atoms with Gasteiger partial charge >= 0.3 is 0 Å². The Hall–Kier alpha value is -4.94. The number of aryl methyl sites for hydroxylation is 2. The summed E-state index contributed by atoms with van der Waals surface area (Å²) in [5.74, 6) is 0. The third-order valence-corrected chi connectivity index (χ3v) is 9.10. The Balaban J connectivity index is 1.40. The molecular weight excluding hydrogens is 480 g/mol. The molecule has 40 heavy (non-hydrogen) atoms. The summed E-state index contributed by atoms with van der Waals surface area (Å²) >= 11 is 0. The van der Waals surface area contributed by atoms with Crippen molar-refractivity contribution < 1.29 is 0 Å². The predicted octanol–water partition coefficient (Wildman–Crippen LogP) is 11.4. The lowest BCUT2D eigenvalue weighted by Crippen LogP contribution is -1.79. The summed E-state index contributed by atoms with van der Waals surface area (Å²) in [6, 6.07) is 45.7. The molecule has 0 aliphatic carbocycles. The van der Waals surface area contributed by atoms with E-state index in [1.165, 1.54) is 98.0 Å². The van der Waals surface area contributed by atoms with Gasteiger partial charge in [-0.1, -0.05) is 120 Å². The molecule has 9 aromatic rings. The van der Waals surface area contributed by atoms with E-state index in [-0.39, 0.29) is 0 Å². The molecule has 186 valence electrons. The van der Waals surface area contributed by atoms with Crippen molar-refractivity contribution in [2.75, 3.05) is 0 Å². The van der Waals surface area contributed by atoms with Gasteiger partial charge in [0.2, 0.25) is 0 Å². The molecule has 0 heteroatoms. The molecule has 0 nitrogen and oxygen atoms in total. The highest BCUT2D eigenvalue weighted by atomic mass is 14.2. The van der Waals surface area contributed by atoms with Crippen molar-refractivity contribution in [2.45, 2.75) is 13.8 Å². The SMILES string of the molecule is Cc1ccc(-c2ccc3c(c2)c2cccc4c2c3c2cccc3c5cc(-c6ccc(C)cc6)ccc5c4c32)cc1. The van der Waals surface area contributed by atoms with Crippen LogP contribution in [0, 0.1) is 13.8 Å². The van der Waals surface area contributed by atoms with Crippen LogP contribution in [0.25, 0.3) is 86.9 Å². The molecule has 0 heterocycles. The van der Waals surface area contributed by atoms with Crippen LogP contribution in [-0.4, -0.2) is 0 Å². The molecule has 0 saturated carbocycles. The van der Waals surface area contributed by atoms with Crippen LogP contribution >= 0.6 is 0 Å². The molecule has 0 unspecified atom stereocenters. The van der Waals surface area contributed by atoms with E-state index in [0.717, 1.165) is 0 Å². The molecule has 0 aliphatic heterocycles. The second kappa shape index (κ2) is 7.81. The summed E-state index contributed by atoms with van der Waals surface area (Å²) in [7, 11) is 0. The van der Waals surface area contributed by atoms with Crippen LogP contribution in [0.1, 0.15) is 11.1 Å². The second-order valence-corrected chi connectivity index (χ2v) is 11.5. The zero-order chi connectivity index (χ0) is 26.5. The van der Waals surface area contributed by atoms with Crippen LogP contribution in [0.15, 0.2) is 121 Å². The summed E-state index contributed by atoms with van der Waals surface area (Å²) < 4.78 is 0. The van der Waals surface area contributed by atoms with E-state index in [0.29, 0.717) is 0 Å². The van der Waals surface area contributed by atoms with Crippen molar-refractivity contribution in [3.63, 3.8) is 0 Å². The third-order valence-electron chi connectivity index (χ3n) is 9.10. The topological polar surface area (TPSA) is 0 Å². The van der Waals surface area contributed by atoms with E-state index in [4.69, 9.17) is 0 Å². The van der Waals surface area contributed by atoms with E-state index in [1.807, 2.05) is 0 Å². The maximum absolute atomic E-state index is 2.40. The van der Waals surface area contributed by atoms with Gasteiger partial charge in [0.15, 0.2) is 0 Å². The minimum atomic E-state index is 1.27. The molecule has 0 atom stereocenters. The first kappa shape index (κ1) is 21.9. The minimum Gasteiger partial charge on any atom is -0.0610 e. The summed E-state index contributed by atoms with van der Waals surface area (Å²) in [6.45, 7) is 4.29. The van der Waals surface area contributed by atoms with Crippen molar-refractivity contribution in [1.82, 2.24) is 0 Å². The van der Waals surface area contributed by atoms with E-state index in [1.54, 1.807) is 0 Å². The van der Waals surface area contributed by atoms with Gasteiger partial charge in [-0.15, -0.1) is 0 Å². The Bertz CT molecular complexity index is 2230. The average Bonchev–Trinajstić information content (AvgIpc) is 3.51.